The molecule has 1 heterocycles. The first-order chi connectivity index (χ1) is 10.8. The van der Waals surface area contributed by atoms with E-state index in [9.17, 15) is 4.79 Å². The molecule has 0 saturated heterocycles. The third-order valence-corrected chi connectivity index (χ3v) is 3.72. The van der Waals surface area contributed by atoms with Crippen molar-refractivity contribution in [2.75, 3.05) is 0 Å². The van der Waals surface area contributed by atoms with E-state index in [0.717, 1.165) is 23.1 Å². The number of carbonyl (C=O) groups excluding carboxylic acids is 1. The van der Waals surface area contributed by atoms with Gasteiger partial charge in [-0.1, -0.05) is 48.5 Å². The van der Waals surface area contributed by atoms with Crippen LogP contribution >= 0.6 is 0 Å². The number of nitrogens with zero attached hydrogens (tertiary/aromatic N) is 1. The first kappa shape index (κ1) is 14.4. The van der Waals surface area contributed by atoms with Gasteiger partial charge in [-0.2, -0.15) is 0 Å². The lowest BCUT2D eigenvalue weighted by Gasteiger charge is -2.14. The molecule has 0 fully saturated rings. The van der Waals surface area contributed by atoms with Crippen molar-refractivity contribution in [3.05, 3.63) is 71.9 Å². The van der Waals surface area contributed by atoms with Gasteiger partial charge < -0.3 is 9.30 Å². The number of carbonyl (C=O) groups is 1. The summed E-state index contributed by atoms with van der Waals surface area (Å²) in [5.74, 6) is 0. The zero-order valence-electron chi connectivity index (χ0n) is 12.2. The molecule has 0 bridgehead atoms. The minimum Gasteiger partial charge on any atom is -0.449 e. The fourth-order valence-corrected chi connectivity index (χ4v) is 2.71. The molecule has 0 unspecified atom stereocenters. The molecular formula is C18H18N2O2. The zero-order chi connectivity index (χ0) is 15.4. The molecule has 1 aromatic heterocycles. The molecule has 0 amide bonds. The lowest BCUT2D eigenvalue weighted by molar-refractivity contribution is -0.133. The zero-order valence-corrected chi connectivity index (χ0v) is 12.2. The maximum absolute atomic E-state index is 10.4. The number of benzene rings is 2. The van der Waals surface area contributed by atoms with E-state index in [1.165, 1.54) is 5.56 Å². The summed E-state index contributed by atoms with van der Waals surface area (Å²) in [5.41, 5.74) is 9.26. The van der Waals surface area contributed by atoms with Crippen LogP contribution in [0.4, 0.5) is 0 Å². The highest BCUT2D eigenvalue weighted by molar-refractivity contribution is 5.81. The number of rotatable bonds is 6. The maximum Gasteiger partial charge on any atom is 0.294 e. The van der Waals surface area contributed by atoms with Crippen LogP contribution < -0.4 is 5.73 Å². The average molecular weight is 294 g/mol. The number of para-hydroxylation sites is 1. The van der Waals surface area contributed by atoms with Crippen molar-refractivity contribution < 1.29 is 9.53 Å². The first-order valence-corrected chi connectivity index (χ1v) is 7.23. The van der Waals surface area contributed by atoms with Crippen molar-refractivity contribution in [2.24, 2.45) is 5.73 Å². The third kappa shape index (κ3) is 3.02. The van der Waals surface area contributed by atoms with Crippen molar-refractivity contribution in [3.8, 4) is 0 Å². The molecule has 0 aliphatic heterocycles. The number of hydrogen-bond acceptors (Lipinski definition) is 3. The number of aromatic nitrogens is 1. The van der Waals surface area contributed by atoms with Crippen LogP contribution in [0.1, 0.15) is 11.3 Å². The van der Waals surface area contributed by atoms with Gasteiger partial charge in [-0.3, -0.25) is 10.5 Å². The molecule has 0 radical (unpaired) electrons. The van der Waals surface area contributed by atoms with E-state index in [2.05, 4.69) is 34.9 Å². The van der Waals surface area contributed by atoms with Crippen LogP contribution in [0.25, 0.3) is 10.9 Å². The number of fused-ring (bicyclic) bond motifs is 1. The summed E-state index contributed by atoms with van der Waals surface area (Å²) in [4.78, 5) is 10.4. The lowest BCUT2D eigenvalue weighted by Crippen LogP contribution is -2.27. The van der Waals surface area contributed by atoms with Gasteiger partial charge in [0.25, 0.3) is 6.47 Å². The molecule has 4 heteroatoms. The maximum atomic E-state index is 10.4. The Hall–Kier alpha value is -2.59. The lowest BCUT2D eigenvalue weighted by atomic mass is 10.2. The molecule has 0 saturated carbocycles. The highest BCUT2D eigenvalue weighted by Gasteiger charge is 2.13. The summed E-state index contributed by atoms with van der Waals surface area (Å²) >= 11 is 0. The van der Waals surface area contributed by atoms with Gasteiger partial charge in [-0.15, -0.1) is 0 Å². The summed E-state index contributed by atoms with van der Waals surface area (Å²) in [6.45, 7) is 1.16. The SMILES string of the molecule is N[C@@H](Cc1cc2ccccc2n1Cc1ccccc1)OC=O. The second-order valence-electron chi connectivity index (χ2n) is 5.24. The van der Waals surface area contributed by atoms with Crippen LogP contribution in [-0.2, 0) is 22.5 Å². The van der Waals surface area contributed by atoms with Crippen LogP contribution in [0, 0.1) is 0 Å². The number of hydrogen-bond donors (Lipinski definition) is 1. The van der Waals surface area contributed by atoms with Gasteiger partial charge in [-0.05, 0) is 23.1 Å². The van der Waals surface area contributed by atoms with Gasteiger partial charge in [0.05, 0.1) is 0 Å². The van der Waals surface area contributed by atoms with Crippen molar-refractivity contribution >= 4 is 17.4 Å². The summed E-state index contributed by atoms with van der Waals surface area (Å²) in [5, 5.41) is 1.16. The van der Waals surface area contributed by atoms with E-state index >= 15 is 0 Å². The molecule has 2 aromatic carbocycles. The largest absolute Gasteiger partial charge is 0.449 e. The standard InChI is InChI=1S/C18H18N2O2/c19-18(22-13-21)11-16-10-15-8-4-5-9-17(15)20(16)12-14-6-2-1-3-7-14/h1-10,13,18H,11-12,19H2/t18-/m1/s1. The molecule has 2 N–H and O–H groups in total. The fourth-order valence-electron chi connectivity index (χ4n) is 2.71. The van der Waals surface area contributed by atoms with Crippen molar-refractivity contribution in [3.63, 3.8) is 0 Å². The Bertz CT molecular complexity index is 765. The Morgan fingerprint density at radius 2 is 1.82 bits per heavy atom. The van der Waals surface area contributed by atoms with E-state index < -0.39 is 6.23 Å². The molecule has 3 rings (SSSR count). The molecule has 1 atom stereocenters. The molecule has 22 heavy (non-hydrogen) atoms. The van der Waals surface area contributed by atoms with Crippen molar-refractivity contribution in [2.45, 2.75) is 19.2 Å². The summed E-state index contributed by atoms with van der Waals surface area (Å²) in [6.07, 6.45) is -0.142. The second kappa shape index (κ2) is 6.45. The van der Waals surface area contributed by atoms with E-state index in [1.54, 1.807) is 0 Å². The number of nitrogens with two attached hydrogens (primary N) is 1. The monoisotopic (exact) mass is 294 g/mol. The highest BCUT2D eigenvalue weighted by Crippen LogP contribution is 2.22. The molecule has 0 spiro atoms. The van der Waals surface area contributed by atoms with Gasteiger partial charge in [0.1, 0.15) is 0 Å². The third-order valence-electron chi connectivity index (χ3n) is 3.72. The summed E-state index contributed by atoms with van der Waals surface area (Å²) in [6, 6.07) is 20.6. The van der Waals surface area contributed by atoms with Crippen LogP contribution in [0.15, 0.2) is 60.7 Å². The topological polar surface area (TPSA) is 57.2 Å². The first-order valence-electron chi connectivity index (χ1n) is 7.23. The Morgan fingerprint density at radius 1 is 1.09 bits per heavy atom. The molecule has 0 aliphatic rings. The predicted molar refractivity (Wildman–Crippen MR) is 86.3 cm³/mol. The van der Waals surface area contributed by atoms with Crippen LogP contribution in [0.5, 0.6) is 0 Å². The fraction of sp³-hybridized carbons (Fsp3) is 0.167. The van der Waals surface area contributed by atoms with Crippen LogP contribution in [-0.4, -0.2) is 17.3 Å². The molecule has 112 valence electrons. The minimum atomic E-state index is -0.628. The van der Waals surface area contributed by atoms with Gasteiger partial charge in [0.15, 0.2) is 6.23 Å². The van der Waals surface area contributed by atoms with Crippen molar-refractivity contribution in [1.29, 1.82) is 0 Å². The Morgan fingerprint density at radius 3 is 2.59 bits per heavy atom. The van der Waals surface area contributed by atoms with Gasteiger partial charge >= 0.3 is 0 Å². The van der Waals surface area contributed by atoms with Crippen molar-refractivity contribution in [1.82, 2.24) is 4.57 Å². The summed E-state index contributed by atoms with van der Waals surface area (Å²) in [7, 11) is 0. The molecule has 3 aromatic rings. The normalized spacial score (nSPS) is 12.2. The van der Waals surface area contributed by atoms with Gasteiger partial charge in [0.2, 0.25) is 0 Å². The highest BCUT2D eigenvalue weighted by atomic mass is 16.5. The average Bonchev–Trinajstić information content (AvgIpc) is 2.86. The smallest absolute Gasteiger partial charge is 0.294 e. The van der Waals surface area contributed by atoms with Crippen LogP contribution in [0.3, 0.4) is 0 Å². The number of ether oxygens (including phenoxy) is 1. The Kier molecular flexibility index (Phi) is 4.21. The van der Waals surface area contributed by atoms with Gasteiger partial charge in [-0.25, -0.2) is 0 Å². The van der Waals surface area contributed by atoms with E-state index in [4.69, 9.17) is 10.5 Å². The van der Waals surface area contributed by atoms with Gasteiger partial charge in [0, 0.05) is 24.2 Å². The van der Waals surface area contributed by atoms with Crippen LogP contribution in [0.2, 0.25) is 0 Å². The Balaban J connectivity index is 1.99. The summed E-state index contributed by atoms with van der Waals surface area (Å²) < 4.78 is 7.05. The molecule has 0 aliphatic carbocycles. The Labute approximate surface area is 129 Å². The van der Waals surface area contributed by atoms with E-state index in [-0.39, 0.29) is 0 Å². The minimum absolute atomic E-state index is 0.398. The molecular weight excluding hydrogens is 276 g/mol. The van der Waals surface area contributed by atoms with E-state index in [0.29, 0.717) is 12.9 Å². The quantitative estimate of drug-likeness (QED) is 0.562. The molecule has 4 nitrogen and oxygen atoms in total. The second-order valence-corrected chi connectivity index (χ2v) is 5.24. The predicted octanol–water partition coefficient (Wildman–Crippen LogP) is 2.69. The van der Waals surface area contributed by atoms with E-state index in [1.807, 2.05) is 30.3 Å².